The molecular weight excluding hydrogens is 329 g/mol. The summed E-state index contributed by atoms with van der Waals surface area (Å²) >= 11 is 0. The van der Waals surface area contributed by atoms with Crippen molar-refractivity contribution in [3.8, 4) is 5.95 Å². The molecule has 0 saturated carbocycles. The summed E-state index contributed by atoms with van der Waals surface area (Å²) in [4.78, 5) is 13.4. The monoisotopic (exact) mass is 351 g/mol. The molecule has 3 aromatic rings. The second-order valence-corrected chi connectivity index (χ2v) is 7.76. The molecule has 1 saturated heterocycles. The number of aryl methyl sites for hydroxylation is 2. The molecule has 134 valence electrons. The third-order valence-electron chi connectivity index (χ3n) is 5.19. The average Bonchev–Trinajstić information content (AvgIpc) is 3.04. The Hall–Kier alpha value is -2.32. The number of hydrogen-bond acceptors (Lipinski definition) is 6. The Morgan fingerprint density at radius 3 is 2.15 bits per heavy atom. The van der Waals surface area contributed by atoms with Crippen molar-refractivity contribution in [1.82, 2.24) is 24.7 Å². The summed E-state index contributed by atoms with van der Waals surface area (Å²) in [5.74, 6) is 0.533. The molecule has 4 heterocycles. The van der Waals surface area contributed by atoms with Crippen molar-refractivity contribution in [3.05, 3.63) is 36.0 Å². The molecule has 0 bridgehead atoms. The van der Waals surface area contributed by atoms with E-state index in [2.05, 4.69) is 20.1 Å². The molecule has 8 heteroatoms. The van der Waals surface area contributed by atoms with Crippen molar-refractivity contribution in [1.29, 1.82) is 0 Å². The molecule has 1 aliphatic heterocycles. The van der Waals surface area contributed by atoms with Gasteiger partial charge in [-0.2, -0.15) is 9.78 Å². The summed E-state index contributed by atoms with van der Waals surface area (Å²) in [5, 5.41) is 5.41. The van der Waals surface area contributed by atoms with E-state index >= 15 is 0 Å². The van der Waals surface area contributed by atoms with E-state index in [-0.39, 0.29) is 0 Å². The first-order valence-corrected chi connectivity index (χ1v) is 8.68. The van der Waals surface area contributed by atoms with Gasteiger partial charge in [0.15, 0.2) is 0 Å². The van der Waals surface area contributed by atoms with Crippen molar-refractivity contribution in [2.24, 2.45) is 0 Å². The Kier molecular flexibility index (Phi) is 3.68. The van der Waals surface area contributed by atoms with E-state index in [1.807, 2.05) is 47.6 Å². The number of rotatable bonds is 2. The van der Waals surface area contributed by atoms with Gasteiger partial charge in [-0.3, -0.25) is 4.98 Å². The highest BCUT2D eigenvalue weighted by molar-refractivity contribution is 6.65. The molecule has 7 nitrogen and oxygen atoms in total. The zero-order valence-corrected chi connectivity index (χ0v) is 15.9. The van der Waals surface area contributed by atoms with Gasteiger partial charge in [-0.05, 0) is 47.6 Å². The minimum Gasteiger partial charge on any atom is -0.399 e. The second-order valence-electron chi connectivity index (χ2n) is 7.76. The zero-order valence-electron chi connectivity index (χ0n) is 15.9. The third-order valence-corrected chi connectivity index (χ3v) is 5.19. The summed E-state index contributed by atoms with van der Waals surface area (Å²) in [5.41, 5.74) is 2.65. The van der Waals surface area contributed by atoms with Crippen LogP contribution in [0.3, 0.4) is 0 Å². The normalized spacial score (nSPS) is 18.6. The summed E-state index contributed by atoms with van der Waals surface area (Å²) in [6, 6.07) is 1.93. The minimum absolute atomic E-state index is 0.410. The fourth-order valence-electron chi connectivity index (χ4n) is 3.08. The van der Waals surface area contributed by atoms with Gasteiger partial charge in [0.25, 0.3) is 5.95 Å². The smallest absolute Gasteiger partial charge is 0.399 e. The summed E-state index contributed by atoms with van der Waals surface area (Å²) < 4.78 is 14.1. The van der Waals surface area contributed by atoms with E-state index in [1.54, 1.807) is 23.3 Å². The van der Waals surface area contributed by atoms with E-state index < -0.39 is 18.3 Å². The molecule has 1 fully saturated rings. The topological polar surface area (TPSA) is 75.0 Å². The van der Waals surface area contributed by atoms with Gasteiger partial charge in [-0.25, -0.2) is 9.97 Å². The molecule has 3 aromatic heterocycles. The van der Waals surface area contributed by atoms with Crippen LogP contribution in [-0.4, -0.2) is 43.1 Å². The second kappa shape index (κ2) is 5.59. The maximum absolute atomic E-state index is 6.18. The maximum atomic E-state index is 6.18. The lowest BCUT2D eigenvalue weighted by Crippen LogP contribution is -2.41. The Balaban J connectivity index is 1.82. The molecular formula is C18H22BN5O2. The molecule has 1 aliphatic rings. The van der Waals surface area contributed by atoms with Crippen LogP contribution in [0.2, 0.25) is 0 Å². The van der Waals surface area contributed by atoms with Crippen LogP contribution in [-0.2, 0) is 9.31 Å². The Morgan fingerprint density at radius 2 is 1.54 bits per heavy atom. The van der Waals surface area contributed by atoms with E-state index in [4.69, 9.17) is 9.31 Å². The quantitative estimate of drug-likeness (QED) is 0.659. The van der Waals surface area contributed by atoms with E-state index in [9.17, 15) is 0 Å². The van der Waals surface area contributed by atoms with Crippen LogP contribution in [0.1, 0.15) is 39.1 Å². The molecule has 4 rings (SSSR count). The van der Waals surface area contributed by atoms with Crippen molar-refractivity contribution in [3.63, 3.8) is 0 Å². The molecule has 0 aromatic carbocycles. The number of aromatic nitrogens is 5. The SMILES string of the molecule is Cc1cc(C)nc(-n2ncc3c(B4OC(C)(C)C(C)(C)O4)cncc32)n1. The van der Waals surface area contributed by atoms with Crippen molar-refractivity contribution in [2.45, 2.75) is 52.7 Å². The minimum atomic E-state index is -0.492. The van der Waals surface area contributed by atoms with Crippen LogP contribution in [0.15, 0.2) is 24.7 Å². The van der Waals surface area contributed by atoms with Gasteiger partial charge in [0.1, 0.15) is 0 Å². The summed E-state index contributed by atoms with van der Waals surface area (Å²) in [7, 11) is -0.492. The van der Waals surface area contributed by atoms with Crippen molar-refractivity contribution < 1.29 is 9.31 Å². The van der Waals surface area contributed by atoms with Gasteiger partial charge in [-0.15, -0.1) is 0 Å². The standard InChI is InChI=1S/C18H22BN5O2/c1-11-7-12(2)23-16(22-11)24-15-10-20-9-14(13(15)8-21-24)19-25-17(3,4)18(5,6)26-19/h7-10H,1-6H3. The van der Waals surface area contributed by atoms with Gasteiger partial charge >= 0.3 is 7.12 Å². The first kappa shape index (κ1) is 17.1. The van der Waals surface area contributed by atoms with Crippen LogP contribution in [0.4, 0.5) is 0 Å². The molecule has 0 amide bonds. The molecule has 26 heavy (non-hydrogen) atoms. The van der Waals surface area contributed by atoms with Gasteiger partial charge in [0.05, 0.1) is 29.1 Å². The summed E-state index contributed by atoms with van der Waals surface area (Å²) in [6.07, 6.45) is 5.33. The highest BCUT2D eigenvalue weighted by Gasteiger charge is 2.52. The molecule has 0 spiro atoms. The number of pyridine rings is 1. The highest BCUT2D eigenvalue weighted by Crippen LogP contribution is 2.36. The lowest BCUT2D eigenvalue weighted by molar-refractivity contribution is 0.00578. The Bertz CT molecular complexity index is 962. The molecule has 0 radical (unpaired) electrons. The fourth-order valence-corrected chi connectivity index (χ4v) is 3.08. The molecule has 0 N–H and O–H groups in total. The Labute approximate surface area is 152 Å². The lowest BCUT2D eigenvalue weighted by atomic mass is 9.78. The third kappa shape index (κ3) is 2.60. The maximum Gasteiger partial charge on any atom is 0.497 e. The number of hydrogen-bond donors (Lipinski definition) is 0. The van der Waals surface area contributed by atoms with Crippen LogP contribution < -0.4 is 5.46 Å². The van der Waals surface area contributed by atoms with E-state index in [0.717, 1.165) is 27.8 Å². The van der Waals surface area contributed by atoms with Gasteiger partial charge in [0, 0.05) is 28.4 Å². The predicted molar refractivity (Wildman–Crippen MR) is 99.6 cm³/mol. The van der Waals surface area contributed by atoms with E-state index in [1.165, 1.54) is 0 Å². The van der Waals surface area contributed by atoms with Crippen LogP contribution in [0.25, 0.3) is 16.9 Å². The zero-order chi connectivity index (χ0) is 18.7. The summed E-state index contributed by atoms with van der Waals surface area (Å²) in [6.45, 7) is 12.0. The number of fused-ring (bicyclic) bond motifs is 1. The van der Waals surface area contributed by atoms with Gasteiger partial charge < -0.3 is 9.31 Å². The van der Waals surface area contributed by atoms with Crippen molar-refractivity contribution >= 4 is 23.5 Å². The predicted octanol–water partition coefficient (Wildman–Crippen LogP) is 2.13. The molecule has 0 atom stereocenters. The first-order valence-electron chi connectivity index (χ1n) is 8.68. The van der Waals surface area contributed by atoms with E-state index in [0.29, 0.717) is 5.95 Å². The molecule has 0 unspecified atom stereocenters. The highest BCUT2D eigenvalue weighted by atomic mass is 16.7. The van der Waals surface area contributed by atoms with Gasteiger partial charge in [0.2, 0.25) is 0 Å². The van der Waals surface area contributed by atoms with Crippen molar-refractivity contribution in [2.75, 3.05) is 0 Å². The largest absolute Gasteiger partial charge is 0.497 e. The average molecular weight is 351 g/mol. The Morgan fingerprint density at radius 1 is 0.923 bits per heavy atom. The molecule has 0 aliphatic carbocycles. The fraction of sp³-hybridized carbons (Fsp3) is 0.444. The van der Waals surface area contributed by atoms with Crippen LogP contribution in [0.5, 0.6) is 0 Å². The first-order chi connectivity index (χ1) is 12.2. The lowest BCUT2D eigenvalue weighted by Gasteiger charge is -2.32. The number of nitrogens with zero attached hydrogens (tertiary/aromatic N) is 5. The van der Waals surface area contributed by atoms with Crippen LogP contribution >= 0.6 is 0 Å². The van der Waals surface area contributed by atoms with Gasteiger partial charge in [-0.1, -0.05) is 0 Å². The van der Waals surface area contributed by atoms with Crippen LogP contribution in [0, 0.1) is 13.8 Å².